The smallest absolute Gasteiger partial charge is 0.0572 e. The quantitative estimate of drug-likeness (QED) is 0.501. The first-order valence-corrected chi connectivity index (χ1v) is 3.97. The Kier molecular flexibility index (Phi) is 3.73. The molecule has 0 saturated carbocycles. The van der Waals surface area contributed by atoms with Gasteiger partial charge in [0.15, 0.2) is 0 Å². The van der Waals surface area contributed by atoms with Crippen LogP contribution in [0.15, 0.2) is 30.3 Å². The highest BCUT2D eigenvalue weighted by Gasteiger charge is 1.97. The van der Waals surface area contributed by atoms with Gasteiger partial charge in [-0.3, -0.25) is 5.84 Å². The van der Waals surface area contributed by atoms with E-state index in [1.807, 2.05) is 30.3 Å². The fourth-order valence-electron chi connectivity index (χ4n) is 1.03. The third-order valence-electron chi connectivity index (χ3n) is 1.62. The SMILES string of the molecule is NN(CCO)Cc1ccccc1. The molecule has 0 atom stereocenters. The standard InChI is InChI=1S/C9H14N2O/c10-11(6-7-12)8-9-4-2-1-3-5-9/h1-5,12H,6-8,10H2. The van der Waals surface area contributed by atoms with Crippen LogP contribution in [0.5, 0.6) is 0 Å². The zero-order chi connectivity index (χ0) is 8.81. The Labute approximate surface area is 72.4 Å². The summed E-state index contributed by atoms with van der Waals surface area (Å²) >= 11 is 0. The predicted octanol–water partition coefficient (Wildman–Crippen LogP) is 0.355. The lowest BCUT2D eigenvalue weighted by Crippen LogP contribution is -2.32. The van der Waals surface area contributed by atoms with Crippen LogP contribution in [0.2, 0.25) is 0 Å². The van der Waals surface area contributed by atoms with Crippen molar-refractivity contribution in [3.8, 4) is 0 Å². The van der Waals surface area contributed by atoms with Gasteiger partial charge in [0.2, 0.25) is 0 Å². The molecular formula is C9H14N2O. The molecule has 0 aromatic heterocycles. The van der Waals surface area contributed by atoms with E-state index in [2.05, 4.69) is 0 Å². The number of benzene rings is 1. The van der Waals surface area contributed by atoms with Crippen molar-refractivity contribution in [3.63, 3.8) is 0 Å². The van der Waals surface area contributed by atoms with Crippen LogP contribution >= 0.6 is 0 Å². The summed E-state index contributed by atoms with van der Waals surface area (Å²) in [6.07, 6.45) is 0. The zero-order valence-electron chi connectivity index (χ0n) is 6.98. The van der Waals surface area contributed by atoms with Gasteiger partial charge in [0.05, 0.1) is 6.61 Å². The highest BCUT2D eigenvalue weighted by molar-refractivity contribution is 5.14. The van der Waals surface area contributed by atoms with Crippen LogP contribution in [-0.4, -0.2) is 23.3 Å². The van der Waals surface area contributed by atoms with Crippen LogP contribution in [0.1, 0.15) is 5.56 Å². The van der Waals surface area contributed by atoms with Crippen molar-refractivity contribution in [1.82, 2.24) is 5.01 Å². The monoisotopic (exact) mass is 166 g/mol. The first-order valence-electron chi connectivity index (χ1n) is 3.97. The van der Waals surface area contributed by atoms with Crippen molar-refractivity contribution in [1.29, 1.82) is 0 Å². The lowest BCUT2D eigenvalue weighted by molar-refractivity contribution is 0.193. The minimum atomic E-state index is 0.101. The Morgan fingerprint density at radius 1 is 1.25 bits per heavy atom. The molecule has 1 rings (SSSR count). The number of nitrogens with zero attached hydrogens (tertiary/aromatic N) is 1. The molecule has 12 heavy (non-hydrogen) atoms. The van der Waals surface area contributed by atoms with E-state index < -0.39 is 0 Å². The fraction of sp³-hybridized carbons (Fsp3) is 0.333. The van der Waals surface area contributed by atoms with E-state index >= 15 is 0 Å². The third-order valence-corrected chi connectivity index (χ3v) is 1.62. The number of hydrogen-bond acceptors (Lipinski definition) is 3. The average molecular weight is 166 g/mol. The van der Waals surface area contributed by atoms with Gasteiger partial charge >= 0.3 is 0 Å². The van der Waals surface area contributed by atoms with Crippen LogP contribution in [0.4, 0.5) is 0 Å². The predicted molar refractivity (Wildman–Crippen MR) is 48.1 cm³/mol. The van der Waals surface area contributed by atoms with E-state index in [0.717, 1.165) is 5.56 Å². The second-order valence-corrected chi connectivity index (χ2v) is 2.68. The molecule has 0 heterocycles. The van der Waals surface area contributed by atoms with Crippen LogP contribution in [0.3, 0.4) is 0 Å². The molecule has 3 heteroatoms. The van der Waals surface area contributed by atoms with Gasteiger partial charge in [-0.05, 0) is 5.56 Å². The first-order chi connectivity index (χ1) is 5.83. The number of aliphatic hydroxyl groups excluding tert-OH is 1. The van der Waals surface area contributed by atoms with E-state index in [4.69, 9.17) is 10.9 Å². The highest BCUT2D eigenvalue weighted by atomic mass is 16.3. The largest absolute Gasteiger partial charge is 0.395 e. The summed E-state index contributed by atoms with van der Waals surface area (Å²) in [5.74, 6) is 5.59. The zero-order valence-corrected chi connectivity index (χ0v) is 6.98. The lowest BCUT2D eigenvalue weighted by Gasteiger charge is -2.14. The molecule has 0 amide bonds. The molecule has 0 saturated heterocycles. The van der Waals surface area contributed by atoms with E-state index in [-0.39, 0.29) is 6.61 Å². The Balaban J connectivity index is 2.41. The summed E-state index contributed by atoms with van der Waals surface area (Å²) in [5, 5.41) is 10.2. The molecule has 0 aliphatic heterocycles. The molecule has 0 fully saturated rings. The van der Waals surface area contributed by atoms with Gasteiger partial charge < -0.3 is 5.11 Å². The maximum atomic E-state index is 8.59. The van der Waals surface area contributed by atoms with Crippen LogP contribution < -0.4 is 5.84 Å². The molecule has 0 radical (unpaired) electrons. The summed E-state index contributed by atoms with van der Waals surface area (Å²) in [7, 11) is 0. The van der Waals surface area contributed by atoms with Crippen LogP contribution in [0, 0.1) is 0 Å². The second kappa shape index (κ2) is 4.87. The summed E-state index contributed by atoms with van der Waals surface area (Å²) in [5.41, 5.74) is 1.16. The molecule has 66 valence electrons. The van der Waals surface area contributed by atoms with E-state index in [9.17, 15) is 0 Å². The second-order valence-electron chi connectivity index (χ2n) is 2.68. The van der Waals surface area contributed by atoms with Gasteiger partial charge in [0.1, 0.15) is 0 Å². The number of hydrogen-bond donors (Lipinski definition) is 2. The maximum Gasteiger partial charge on any atom is 0.0572 e. The van der Waals surface area contributed by atoms with E-state index in [0.29, 0.717) is 13.1 Å². The molecule has 3 nitrogen and oxygen atoms in total. The number of aliphatic hydroxyl groups is 1. The van der Waals surface area contributed by atoms with Crippen molar-refractivity contribution in [2.75, 3.05) is 13.2 Å². The minimum Gasteiger partial charge on any atom is -0.395 e. The average Bonchev–Trinajstić information content (AvgIpc) is 2.06. The third kappa shape index (κ3) is 3.00. The maximum absolute atomic E-state index is 8.59. The van der Waals surface area contributed by atoms with Gasteiger partial charge in [-0.15, -0.1) is 0 Å². The van der Waals surface area contributed by atoms with Gasteiger partial charge in [0.25, 0.3) is 0 Å². The molecule has 1 aromatic carbocycles. The van der Waals surface area contributed by atoms with Crippen molar-refractivity contribution in [2.45, 2.75) is 6.54 Å². The Bertz CT molecular complexity index is 213. The molecule has 0 unspecified atom stereocenters. The van der Waals surface area contributed by atoms with Crippen molar-refractivity contribution >= 4 is 0 Å². The molecule has 0 bridgehead atoms. The summed E-state index contributed by atoms with van der Waals surface area (Å²) in [4.78, 5) is 0. The summed E-state index contributed by atoms with van der Waals surface area (Å²) < 4.78 is 0. The Morgan fingerprint density at radius 3 is 2.50 bits per heavy atom. The summed E-state index contributed by atoms with van der Waals surface area (Å²) in [6, 6.07) is 9.94. The summed E-state index contributed by atoms with van der Waals surface area (Å²) in [6.45, 7) is 1.29. The van der Waals surface area contributed by atoms with Gasteiger partial charge in [-0.2, -0.15) is 0 Å². The topological polar surface area (TPSA) is 49.5 Å². The van der Waals surface area contributed by atoms with Gasteiger partial charge in [-0.1, -0.05) is 30.3 Å². The number of hydrazine groups is 1. The van der Waals surface area contributed by atoms with Crippen molar-refractivity contribution in [3.05, 3.63) is 35.9 Å². The number of nitrogens with two attached hydrogens (primary N) is 1. The molecule has 0 spiro atoms. The Hall–Kier alpha value is -0.900. The van der Waals surface area contributed by atoms with Crippen molar-refractivity contribution < 1.29 is 5.11 Å². The van der Waals surface area contributed by atoms with Gasteiger partial charge in [0, 0.05) is 13.1 Å². The fourth-order valence-corrected chi connectivity index (χ4v) is 1.03. The number of rotatable bonds is 4. The Morgan fingerprint density at radius 2 is 1.92 bits per heavy atom. The lowest BCUT2D eigenvalue weighted by atomic mass is 10.2. The molecule has 3 N–H and O–H groups in total. The normalized spacial score (nSPS) is 10.6. The van der Waals surface area contributed by atoms with E-state index in [1.54, 1.807) is 5.01 Å². The molecule has 1 aromatic rings. The van der Waals surface area contributed by atoms with Crippen molar-refractivity contribution in [2.24, 2.45) is 5.84 Å². The van der Waals surface area contributed by atoms with E-state index in [1.165, 1.54) is 0 Å². The van der Waals surface area contributed by atoms with Crippen LogP contribution in [-0.2, 0) is 6.54 Å². The minimum absolute atomic E-state index is 0.101. The molecule has 0 aliphatic rings. The highest BCUT2D eigenvalue weighted by Crippen LogP contribution is 2.00. The molecular weight excluding hydrogens is 152 g/mol. The molecule has 0 aliphatic carbocycles. The van der Waals surface area contributed by atoms with Gasteiger partial charge in [-0.25, -0.2) is 5.01 Å². The first kappa shape index (κ1) is 9.19. The van der Waals surface area contributed by atoms with Crippen LogP contribution in [0.25, 0.3) is 0 Å².